The molecular weight excluding hydrogens is 278 g/mol. The quantitative estimate of drug-likeness (QED) is 0.320. The minimum absolute atomic E-state index is 1.23. The van der Waals surface area contributed by atoms with Gasteiger partial charge in [0.1, 0.15) is 0 Å². The second kappa shape index (κ2) is 3.82. The third-order valence-electron chi connectivity index (χ3n) is 5.12. The average molecular weight is 291 g/mol. The first kappa shape index (κ1) is 11.5. The van der Waals surface area contributed by atoms with Crippen molar-refractivity contribution in [2.45, 2.75) is 0 Å². The zero-order chi connectivity index (χ0) is 15.0. The van der Waals surface area contributed by atoms with Gasteiger partial charge < -0.3 is 4.98 Å². The van der Waals surface area contributed by atoms with E-state index in [2.05, 4.69) is 77.8 Å². The van der Waals surface area contributed by atoms with Crippen LogP contribution in [0.5, 0.6) is 0 Å². The van der Waals surface area contributed by atoms with Crippen molar-refractivity contribution in [2.24, 2.45) is 0 Å². The van der Waals surface area contributed by atoms with Crippen molar-refractivity contribution >= 4 is 54.1 Å². The second-order valence-corrected chi connectivity index (χ2v) is 6.29. The Morgan fingerprint density at radius 3 is 2.09 bits per heavy atom. The summed E-state index contributed by atoms with van der Waals surface area (Å²) in [5, 5.41) is 10.8. The molecule has 0 amide bonds. The molecule has 23 heavy (non-hydrogen) atoms. The molecule has 1 heteroatoms. The maximum Gasteiger partial charge on any atom is 0.0477 e. The Bertz CT molecular complexity index is 1350. The first-order valence-electron chi connectivity index (χ1n) is 7.98. The fourth-order valence-electron chi connectivity index (χ4n) is 4.22. The number of fused-ring (bicyclic) bond motifs is 5. The summed E-state index contributed by atoms with van der Waals surface area (Å²) in [5.74, 6) is 0. The molecule has 0 aliphatic rings. The summed E-state index contributed by atoms with van der Waals surface area (Å²) >= 11 is 0. The number of hydrogen-bond acceptors (Lipinski definition) is 0. The Morgan fingerprint density at radius 2 is 1.17 bits per heavy atom. The standard InChI is InChI=1S/C22H13N/c1-2-7-14-13(6-1)12-19-22-20(14)16-9-4-3-8-15(16)17-10-5-11-18(23-19)21(17)22/h1-12,23H. The fourth-order valence-corrected chi connectivity index (χ4v) is 4.22. The first-order chi connectivity index (χ1) is 11.4. The van der Waals surface area contributed by atoms with E-state index in [0.29, 0.717) is 0 Å². The molecule has 1 N–H and O–H groups in total. The summed E-state index contributed by atoms with van der Waals surface area (Å²) in [7, 11) is 0. The van der Waals surface area contributed by atoms with E-state index in [1.165, 1.54) is 54.1 Å². The summed E-state index contributed by atoms with van der Waals surface area (Å²) in [4.78, 5) is 3.63. The summed E-state index contributed by atoms with van der Waals surface area (Å²) < 4.78 is 0. The van der Waals surface area contributed by atoms with Gasteiger partial charge in [-0.1, -0.05) is 60.7 Å². The number of hydrogen-bond donors (Lipinski definition) is 1. The van der Waals surface area contributed by atoms with Gasteiger partial charge in [0.2, 0.25) is 0 Å². The highest BCUT2D eigenvalue weighted by atomic mass is 14.7. The van der Waals surface area contributed by atoms with E-state index >= 15 is 0 Å². The van der Waals surface area contributed by atoms with Crippen LogP contribution in [0.1, 0.15) is 0 Å². The Hall–Kier alpha value is -3.06. The van der Waals surface area contributed by atoms with Crippen LogP contribution in [0.3, 0.4) is 0 Å². The van der Waals surface area contributed by atoms with Gasteiger partial charge in [0, 0.05) is 27.2 Å². The molecule has 0 saturated carbocycles. The van der Waals surface area contributed by atoms with Gasteiger partial charge in [-0.25, -0.2) is 0 Å². The van der Waals surface area contributed by atoms with Crippen LogP contribution in [0, 0.1) is 0 Å². The van der Waals surface area contributed by atoms with Gasteiger partial charge >= 0.3 is 0 Å². The third kappa shape index (κ3) is 1.29. The van der Waals surface area contributed by atoms with Gasteiger partial charge in [0.05, 0.1) is 0 Å². The van der Waals surface area contributed by atoms with Gasteiger partial charge in [-0.2, -0.15) is 0 Å². The molecule has 6 aromatic rings. The predicted molar refractivity (Wildman–Crippen MR) is 99.5 cm³/mol. The highest BCUT2D eigenvalue weighted by Crippen LogP contribution is 2.43. The average Bonchev–Trinajstić information content (AvgIpc) is 2.98. The van der Waals surface area contributed by atoms with Crippen molar-refractivity contribution in [1.29, 1.82) is 0 Å². The predicted octanol–water partition coefficient (Wildman–Crippen LogP) is 6.22. The van der Waals surface area contributed by atoms with Crippen molar-refractivity contribution < 1.29 is 0 Å². The van der Waals surface area contributed by atoms with Gasteiger partial charge in [-0.05, 0) is 39.1 Å². The molecular formula is C22H13N. The SMILES string of the molecule is c1ccc2c(c1)cc1[nH]c3cccc4c5ccccc5c2c1c34. The van der Waals surface area contributed by atoms with Crippen LogP contribution >= 0.6 is 0 Å². The number of aromatic amines is 1. The second-order valence-electron chi connectivity index (χ2n) is 6.29. The van der Waals surface area contributed by atoms with E-state index in [0.717, 1.165) is 0 Å². The van der Waals surface area contributed by atoms with E-state index in [1.54, 1.807) is 0 Å². The zero-order valence-corrected chi connectivity index (χ0v) is 12.4. The smallest absolute Gasteiger partial charge is 0.0477 e. The molecule has 5 aromatic carbocycles. The molecule has 1 nitrogen and oxygen atoms in total. The molecule has 1 aromatic heterocycles. The molecule has 0 fully saturated rings. The van der Waals surface area contributed by atoms with E-state index in [9.17, 15) is 0 Å². The third-order valence-corrected chi connectivity index (χ3v) is 5.12. The molecule has 106 valence electrons. The summed E-state index contributed by atoms with van der Waals surface area (Å²) in [6.07, 6.45) is 0. The highest BCUT2D eigenvalue weighted by molar-refractivity contribution is 6.38. The van der Waals surface area contributed by atoms with Crippen molar-refractivity contribution in [2.75, 3.05) is 0 Å². The van der Waals surface area contributed by atoms with Crippen LogP contribution < -0.4 is 0 Å². The lowest BCUT2D eigenvalue weighted by Crippen LogP contribution is -1.83. The minimum Gasteiger partial charge on any atom is -0.354 e. The molecule has 0 unspecified atom stereocenters. The van der Waals surface area contributed by atoms with E-state index < -0.39 is 0 Å². The summed E-state index contributed by atoms with van der Waals surface area (Å²) in [5.41, 5.74) is 2.46. The Labute approximate surface area is 132 Å². The van der Waals surface area contributed by atoms with Crippen molar-refractivity contribution in [3.05, 3.63) is 72.8 Å². The highest BCUT2D eigenvalue weighted by Gasteiger charge is 2.16. The number of H-pyrrole nitrogens is 1. The van der Waals surface area contributed by atoms with E-state index in [1.807, 2.05) is 0 Å². The first-order valence-corrected chi connectivity index (χ1v) is 7.98. The lowest BCUT2D eigenvalue weighted by Gasteiger charge is -2.11. The topological polar surface area (TPSA) is 15.8 Å². The van der Waals surface area contributed by atoms with Crippen LogP contribution in [0.2, 0.25) is 0 Å². The number of rotatable bonds is 0. The Morgan fingerprint density at radius 1 is 0.478 bits per heavy atom. The molecule has 0 aliphatic heterocycles. The van der Waals surface area contributed by atoms with Crippen LogP contribution in [0.15, 0.2) is 72.8 Å². The van der Waals surface area contributed by atoms with Crippen LogP contribution in [0.4, 0.5) is 0 Å². The maximum atomic E-state index is 3.63. The lowest BCUT2D eigenvalue weighted by atomic mass is 9.91. The van der Waals surface area contributed by atoms with Crippen molar-refractivity contribution in [3.8, 4) is 0 Å². The lowest BCUT2D eigenvalue weighted by molar-refractivity contribution is 1.56. The minimum atomic E-state index is 1.23. The molecule has 6 rings (SSSR count). The van der Waals surface area contributed by atoms with Crippen LogP contribution in [0.25, 0.3) is 54.1 Å². The zero-order valence-electron chi connectivity index (χ0n) is 12.4. The van der Waals surface area contributed by atoms with Gasteiger partial charge in [0.15, 0.2) is 0 Å². The Kier molecular flexibility index (Phi) is 1.91. The van der Waals surface area contributed by atoms with Crippen molar-refractivity contribution in [1.82, 2.24) is 4.98 Å². The van der Waals surface area contributed by atoms with E-state index in [-0.39, 0.29) is 0 Å². The van der Waals surface area contributed by atoms with Gasteiger partial charge in [-0.15, -0.1) is 0 Å². The molecule has 0 saturated heterocycles. The molecule has 0 spiro atoms. The molecule has 0 atom stereocenters. The summed E-state index contributed by atoms with van der Waals surface area (Å²) in [6, 6.07) is 26.3. The van der Waals surface area contributed by atoms with Gasteiger partial charge in [0.25, 0.3) is 0 Å². The number of nitrogens with one attached hydrogen (secondary N) is 1. The number of benzene rings is 5. The maximum absolute atomic E-state index is 3.63. The fraction of sp³-hybridized carbons (Fsp3) is 0. The normalized spacial score (nSPS) is 12.3. The monoisotopic (exact) mass is 291 g/mol. The van der Waals surface area contributed by atoms with Crippen LogP contribution in [-0.2, 0) is 0 Å². The largest absolute Gasteiger partial charge is 0.354 e. The number of aromatic nitrogens is 1. The molecule has 0 bridgehead atoms. The summed E-state index contributed by atoms with van der Waals surface area (Å²) in [6.45, 7) is 0. The van der Waals surface area contributed by atoms with Crippen molar-refractivity contribution in [3.63, 3.8) is 0 Å². The molecule has 1 heterocycles. The van der Waals surface area contributed by atoms with Crippen LogP contribution in [-0.4, -0.2) is 4.98 Å². The Balaban J connectivity index is 2.16. The molecule has 0 aliphatic carbocycles. The van der Waals surface area contributed by atoms with E-state index in [4.69, 9.17) is 0 Å². The molecule has 0 radical (unpaired) electrons. The van der Waals surface area contributed by atoms with Gasteiger partial charge in [-0.3, -0.25) is 0 Å².